The number of hydrogen-bond donors (Lipinski definition) is 1. The largest absolute Gasteiger partial charge is 0.493 e. The zero-order valence-electron chi connectivity index (χ0n) is 12.9. The molecule has 1 heterocycles. The van der Waals surface area contributed by atoms with Crippen molar-refractivity contribution in [2.75, 3.05) is 19.7 Å². The smallest absolute Gasteiger partial charge is 0.339 e. The van der Waals surface area contributed by atoms with Crippen LogP contribution in [0.5, 0.6) is 5.75 Å². The Kier molecular flexibility index (Phi) is 5.62. The molecular formula is C17H25NO3. The van der Waals surface area contributed by atoms with Gasteiger partial charge in [0.1, 0.15) is 11.3 Å². The molecule has 4 heteroatoms. The van der Waals surface area contributed by atoms with Crippen LogP contribution < -0.4 is 4.74 Å². The molecule has 0 saturated carbocycles. The second-order valence-corrected chi connectivity index (χ2v) is 5.90. The Balaban J connectivity index is 1.79. The van der Waals surface area contributed by atoms with Gasteiger partial charge in [0.25, 0.3) is 0 Å². The van der Waals surface area contributed by atoms with Crippen LogP contribution in [0.3, 0.4) is 0 Å². The molecular weight excluding hydrogens is 266 g/mol. The maximum Gasteiger partial charge on any atom is 0.339 e. The minimum absolute atomic E-state index is 0.234. The van der Waals surface area contributed by atoms with E-state index in [-0.39, 0.29) is 5.56 Å². The lowest BCUT2D eigenvalue weighted by Crippen LogP contribution is -2.43. The van der Waals surface area contributed by atoms with E-state index in [1.54, 1.807) is 24.3 Å². The Morgan fingerprint density at radius 2 is 2.14 bits per heavy atom. The van der Waals surface area contributed by atoms with E-state index < -0.39 is 5.97 Å². The fraction of sp³-hybridized carbons (Fsp3) is 0.588. The predicted octanol–water partition coefficient (Wildman–Crippen LogP) is 3.27. The van der Waals surface area contributed by atoms with E-state index in [1.807, 2.05) is 0 Å². The van der Waals surface area contributed by atoms with E-state index in [2.05, 4.69) is 18.7 Å². The van der Waals surface area contributed by atoms with Gasteiger partial charge >= 0.3 is 5.97 Å². The highest BCUT2D eigenvalue weighted by atomic mass is 16.5. The van der Waals surface area contributed by atoms with E-state index in [0.29, 0.717) is 18.4 Å². The SMILES string of the molecule is CC1CCCN(CCCOc2ccccc2C(=O)O)C1C. The van der Waals surface area contributed by atoms with Gasteiger partial charge in [0.15, 0.2) is 0 Å². The summed E-state index contributed by atoms with van der Waals surface area (Å²) in [7, 11) is 0. The normalized spacial score (nSPS) is 23.0. The van der Waals surface area contributed by atoms with Crippen LogP contribution in [-0.4, -0.2) is 41.7 Å². The highest BCUT2D eigenvalue weighted by Gasteiger charge is 2.23. The number of nitrogens with zero attached hydrogens (tertiary/aromatic N) is 1. The van der Waals surface area contributed by atoms with Gasteiger partial charge in [-0.1, -0.05) is 19.1 Å². The van der Waals surface area contributed by atoms with Crippen molar-refractivity contribution in [3.8, 4) is 5.75 Å². The van der Waals surface area contributed by atoms with E-state index in [9.17, 15) is 4.79 Å². The number of benzene rings is 1. The van der Waals surface area contributed by atoms with Gasteiger partial charge in [-0.25, -0.2) is 4.79 Å². The van der Waals surface area contributed by atoms with Crippen LogP contribution >= 0.6 is 0 Å². The van der Waals surface area contributed by atoms with E-state index in [4.69, 9.17) is 9.84 Å². The maximum absolute atomic E-state index is 11.1. The topological polar surface area (TPSA) is 49.8 Å². The fourth-order valence-electron chi connectivity index (χ4n) is 2.96. The van der Waals surface area contributed by atoms with Crippen molar-refractivity contribution < 1.29 is 14.6 Å². The summed E-state index contributed by atoms with van der Waals surface area (Å²) >= 11 is 0. The molecule has 0 aliphatic carbocycles. The molecule has 1 aliphatic rings. The molecule has 2 unspecified atom stereocenters. The Morgan fingerprint density at radius 3 is 2.90 bits per heavy atom. The first-order valence-corrected chi connectivity index (χ1v) is 7.78. The lowest BCUT2D eigenvalue weighted by atomic mass is 9.92. The first-order valence-electron chi connectivity index (χ1n) is 7.78. The molecule has 1 N–H and O–H groups in total. The highest BCUT2D eigenvalue weighted by molar-refractivity contribution is 5.90. The molecule has 2 atom stereocenters. The molecule has 4 nitrogen and oxygen atoms in total. The number of carboxylic acid groups (broad SMARTS) is 1. The van der Waals surface area contributed by atoms with Gasteiger partial charge in [-0.05, 0) is 50.8 Å². The monoisotopic (exact) mass is 291 g/mol. The predicted molar refractivity (Wildman–Crippen MR) is 82.9 cm³/mol. The van der Waals surface area contributed by atoms with Crippen molar-refractivity contribution in [3.05, 3.63) is 29.8 Å². The molecule has 21 heavy (non-hydrogen) atoms. The minimum Gasteiger partial charge on any atom is -0.493 e. The minimum atomic E-state index is -0.941. The second kappa shape index (κ2) is 7.46. The van der Waals surface area contributed by atoms with Gasteiger partial charge in [0.2, 0.25) is 0 Å². The average Bonchev–Trinajstić information content (AvgIpc) is 2.48. The molecule has 2 rings (SSSR count). The van der Waals surface area contributed by atoms with Crippen LogP contribution in [-0.2, 0) is 0 Å². The first-order chi connectivity index (χ1) is 10.1. The van der Waals surface area contributed by atoms with Crippen LogP contribution in [0.4, 0.5) is 0 Å². The summed E-state index contributed by atoms with van der Waals surface area (Å²) in [6.45, 7) is 7.35. The first kappa shape index (κ1) is 15.8. The standard InChI is InChI=1S/C17H25NO3/c1-13-7-5-10-18(14(13)2)11-6-12-21-16-9-4-3-8-15(16)17(19)20/h3-4,8-9,13-14H,5-7,10-12H2,1-2H3,(H,19,20). The number of rotatable bonds is 6. The molecule has 1 saturated heterocycles. The molecule has 0 bridgehead atoms. The van der Waals surface area contributed by atoms with Crippen LogP contribution in [0.1, 0.15) is 43.5 Å². The van der Waals surface area contributed by atoms with Crippen molar-refractivity contribution in [2.45, 2.75) is 39.2 Å². The van der Waals surface area contributed by atoms with E-state index in [0.717, 1.165) is 25.4 Å². The van der Waals surface area contributed by atoms with Crippen molar-refractivity contribution >= 4 is 5.97 Å². The average molecular weight is 291 g/mol. The summed E-state index contributed by atoms with van der Waals surface area (Å²) < 4.78 is 5.64. The molecule has 116 valence electrons. The van der Waals surface area contributed by atoms with Gasteiger partial charge in [0.05, 0.1) is 6.61 Å². The Bertz CT molecular complexity index is 475. The molecule has 0 radical (unpaired) electrons. The Labute approximate surface area is 126 Å². The molecule has 0 aromatic heterocycles. The van der Waals surface area contributed by atoms with Crippen molar-refractivity contribution in [3.63, 3.8) is 0 Å². The molecule has 0 amide bonds. The summed E-state index contributed by atoms with van der Waals surface area (Å²) in [4.78, 5) is 13.6. The number of ether oxygens (including phenoxy) is 1. The number of carboxylic acids is 1. The van der Waals surface area contributed by atoms with E-state index in [1.165, 1.54) is 12.8 Å². The van der Waals surface area contributed by atoms with E-state index >= 15 is 0 Å². The number of piperidine rings is 1. The van der Waals surface area contributed by atoms with Gasteiger partial charge in [-0.2, -0.15) is 0 Å². The number of para-hydroxylation sites is 1. The highest BCUT2D eigenvalue weighted by Crippen LogP contribution is 2.23. The summed E-state index contributed by atoms with van der Waals surface area (Å²) in [5.74, 6) is 0.279. The quantitative estimate of drug-likeness (QED) is 0.817. The Morgan fingerprint density at radius 1 is 1.38 bits per heavy atom. The van der Waals surface area contributed by atoms with Crippen LogP contribution in [0, 0.1) is 5.92 Å². The van der Waals surface area contributed by atoms with Gasteiger partial charge in [-0.3, -0.25) is 0 Å². The van der Waals surface area contributed by atoms with Crippen LogP contribution in [0.2, 0.25) is 0 Å². The van der Waals surface area contributed by atoms with Crippen molar-refractivity contribution in [2.24, 2.45) is 5.92 Å². The third-order valence-electron chi connectivity index (χ3n) is 4.47. The third kappa shape index (κ3) is 4.21. The van der Waals surface area contributed by atoms with Crippen LogP contribution in [0.25, 0.3) is 0 Å². The molecule has 1 aromatic carbocycles. The fourth-order valence-corrected chi connectivity index (χ4v) is 2.96. The number of carbonyl (C=O) groups is 1. The zero-order valence-corrected chi connectivity index (χ0v) is 12.9. The number of likely N-dealkylation sites (tertiary alicyclic amines) is 1. The summed E-state index contributed by atoms with van der Waals surface area (Å²) in [6.07, 6.45) is 3.51. The van der Waals surface area contributed by atoms with Gasteiger partial charge in [0, 0.05) is 12.6 Å². The second-order valence-electron chi connectivity index (χ2n) is 5.90. The lowest BCUT2D eigenvalue weighted by molar-refractivity contribution is 0.0691. The molecule has 1 fully saturated rings. The third-order valence-corrected chi connectivity index (χ3v) is 4.47. The zero-order chi connectivity index (χ0) is 15.2. The maximum atomic E-state index is 11.1. The number of aromatic carboxylic acids is 1. The van der Waals surface area contributed by atoms with Crippen molar-refractivity contribution in [1.82, 2.24) is 4.90 Å². The Hall–Kier alpha value is -1.55. The molecule has 1 aromatic rings. The summed E-state index contributed by atoms with van der Waals surface area (Å²) in [5, 5.41) is 9.10. The van der Waals surface area contributed by atoms with Gasteiger partial charge < -0.3 is 14.7 Å². The lowest BCUT2D eigenvalue weighted by Gasteiger charge is -2.37. The molecule has 0 spiro atoms. The summed E-state index contributed by atoms with van der Waals surface area (Å²) in [6, 6.07) is 7.44. The van der Waals surface area contributed by atoms with Gasteiger partial charge in [-0.15, -0.1) is 0 Å². The van der Waals surface area contributed by atoms with Crippen LogP contribution in [0.15, 0.2) is 24.3 Å². The number of hydrogen-bond acceptors (Lipinski definition) is 3. The summed E-state index contributed by atoms with van der Waals surface area (Å²) in [5.41, 5.74) is 0.234. The van der Waals surface area contributed by atoms with Crippen molar-refractivity contribution in [1.29, 1.82) is 0 Å². The molecule has 1 aliphatic heterocycles.